The molecule has 0 saturated carbocycles. The molecule has 0 spiro atoms. The first-order valence-corrected chi connectivity index (χ1v) is 11.2. The second-order valence-corrected chi connectivity index (χ2v) is 8.08. The van der Waals surface area contributed by atoms with E-state index in [0.29, 0.717) is 18.7 Å². The third-order valence-corrected chi connectivity index (χ3v) is 5.60. The van der Waals surface area contributed by atoms with E-state index < -0.39 is 0 Å². The lowest BCUT2D eigenvalue weighted by molar-refractivity contribution is -0.144. The Bertz CT molecular complexity index is 1310. The smallest absolute Gasteiger partial charge is 0.320 e. The van der Waals surface area contributed by atoms with Crippen LogP contribution in [0.3, 0.4) is 0 Å². The maximum atomic E-state index is 14.0. The number of likely N-dealkylation sites (N-methyl/N-ethyl adjacent to an activating group) is 1. The van der Waals surface area contributed by atoms with Crippen LogP contribution < -0.4 is 4.74 Å². The van der Waals surface area contributed by atoms with E-state index in [-0.39, 0.29) is 18.3 Å². The molecule has 0 aliphatic carbocycles. The van der Waals surface area contributed by atoms with Gasteiger partial charge in [0.25, 0.3) is 0 Å². The Balaban J connectivity index is 1.69. The molecule has 0 aliphatic heterocycles. The van der Waals surface area contributed by atoms with E-state index in [1.54, 1.807) is 20.1 Å². The van der Waals surface area contributed by atoms with Crippen LogP contribution in [-0.2, 0) is 16.1 Å². The molecule has 4 rings (SSSR count). The van der Waals surface area contributed by atoms with Gasteiger partial charge in [-0.25, -0.2) is 9.37 Å². The maximum absolute atomic E-state index is 14.0. The van der Waals surface area contributed by atoms with E-state index >= 15 is 0 Å². The fraction of sp³-hybridized carbons (Fsp3) is 0.214. The van der Waals surface area contributed by atoms with Gasteiger partial charge in [-0.2, -0.15) is 0 Å². The van der Waals surface area contributed by atoms with Crippen molar-refractivity contribution in [3.63, 3.8) is 0 Å². The second kappa shape index (κ2) is 10.4. The molecule has 5 nitrogen and oxygen atoms in total. The van der Waals surface area contributed by atoms with Gasteiger partial charge in [-0.3, -0.25) is 9.69 Å². The van der Waals surface area contributed by atoms with Crippen LogP contribution in [-0.4, -0.2) is 43.2 Å². The van der Waals surface area contributed by atoms with Gasteiger partial charge in [0.1, 0.15) is 11.6 Å². The highest BCUT2D eigenvalue weighted by Crippen LogP contribution is 2.32. The van der Waals surface area contributed by atoms with E-state index in [0.717, 1.165) is 39.1 Å². The molecular weight excluding hydrogens is 431 g/mol. The second-order valence-electron chi connectivity index (χ2n) is 8.08. The van der Waals surface area contributed by atoms with Gasteiger partial charge >= 0.3 is 5.97 Å². The van der Waals surface area contributed by atoms with Gasteiger partial charge in [0.05, 0.1) is 31.5 Å². The molecule has 1 heterocycles. The number of benzene rings is 3. The number of pyridine rings is 1. The highest BCUT2D eigenvalue weighted by molar-refractivity contribution is 5.85. The Morgan fingerprint density at radius 3 is 2.47 bits per heavy atom. The summed E-state index contributed by atoms with van der Waals surface area (Å²) in [5.41, 5.74) is 5.37. The number of carbonyl (C=O) groups excluding carboxylic acids is 1. The zero-order valence-corrected chi connectivity index (χ0v) is 19.5. The number of nitrogens with zero attached hydrogens (tertiary/aromatic N) is 2. The molecule has 34 heavy (non-hydrogen) atoms. The highest BCUT2D eigenvalue weighted by atomic mass is 19.1. The van der Waals surface area contributed by atoms with Crippen molar-refractivity contribution in [2.75, 3.05) is 27.3 Å². The molecule has 174 valence electrons. The summed E-state index contributed by atoms with van der Waals surface area (Å²) in [4.78, 5) is 18.5. The summed E-state index contributed by atoms with van der Waals surface area (Å²) in [6.07, 6.45) is 0. The van der Waals surface area contributed by atoms with Crippen LogP contribution in [0.2, 0.25) is 0 Å². The molecule has 0 fully saturated rings. The third-order valence-electron chi connectivity index (χ3n) is 5.60. The molecule has 4 aromatic rings. The molecule has 0 amide bonds. The predicted molar refractivity (Wildman–Crippen MR) is 132 cm³/mol. The number of aromatic nitrogens is 1. The Hall–Kier alpha value is -3.77. The molecular formula is C28H27FN2O3. The van der Waals surface area contributed by atoms with Crippen molar-refractivity contribution in [1.82, 2.24) is 9.88 Å². The van der Waals surface area contributed by atoms with E-state index in [1.165, 1.54) is 12.1 Å². The maximum Gasteiger partial charge on any atom is 0.320 e. The first kappa shape index (κ1) is 23.4. The van der Waals surface area contributed by atoms with Crippen molar-refractivity contribution < 1.29 is 18.7 Å². The first-order chi connectivity index (χ1) is 16.5. The Kier molecular flexibility index (Phi) is 7.18. The molecule has 6 heteroatoms. The van der Waals surface area contributed by atoms with E-state index in [1.807, 2.05) is 66.5 Å². The van der Waals surface area contributed by atoms with Crippen LogP contribution in [0.25, 0.3) is 33.3 Å². The monoisotopic (exact) mass is 458 g/mol. The molecule has 0 atom stereocenters. The number of halogens is 1. The molecule has 0 N–H and O–H groups in total. The lowest BCUT2D eigenvalue weighted by Crippen LogP contribution is -2.27. The summed E-state index contributed by atoms with van der Waals surface area (Å²) in [6, 6.07) is 22.5. The standard InChI is InChI=1S/C28H27FN2O3/c1-4-34-28(32)18-31(2)17-21-15-26(30-25-14-13-22(29)16-24(21)25)20-11-9-19(10-12-20)23-7-5-6-8-27(23)33-3/h5-16H,4,17-18H2,1-3H3. The van der Waals surface area contributed by atoms with Gasteiger partial charge in [0, 0.05) is 23.1 Å². The minimum absolute atomic E-state index is 0.149. The van der Waals surface area contributed by atoms with E-state index in [2.05, 4.69) is 0 Å². The number of ether oxygens (including phenoxy) is 2. The first-order valence-electron chi connectivity index (χ1n) is 11.2. The molecule has 3 aromatic carbocycles. The van der Waals surface area contributed by atoms with Crippen LogP contribution in [0.5, 0.6) is 5.75 Å². The van der Waals surface area contributed by atoms with Crippen molar-refractivity contribution in [2.24, 2.45) is 0 Å². The number of carbonyl (C=O) groups is 1. The summed E-state index contributed by atoms with van der Waals surface area (Å²) in [7, 11) is 3.50. The summed E-state index contributed by atoms with van der Waals surface area (Å²) in [6.45, 7) is 2.72. The number of esters is 1. The zero-order chi connectivity index (χ0) is 24.1. The number of hydrogen-bond donors (Lipinski definition) is 0. The molecule has 0 unspecified atom stereocenters. The van der Waals surface area contributed by atoms with Gasteiger partial charge in [-0.05, 0) is 55.4 Å². The normalized spacial score (nSPS) is 11.1. The Morgan fingerprint density at radius 2 is 1.74 bits per heavy atom. The van der Waals surface area contributed by atoms with Crippen LogP contribution in [0.15, 0.2) is 72.8 Å². The summed E-state index contributed by atoms with van der Waals surface area (Å²) in [5.74, 6) is 0.201. The Morgan fingerprint density at radius 1 is 1.00 bits per heavy atom. The average molecular weight is 459 g/mol. The van der Waals surface area contributed by atoms with Gasteiger partial charge in [0.15, 0.2) is 0 Å². The van der Waals surface area contributed by atoms with Crippen molar-refractivity contribution in [2.45, 2.75) is 13.5 Å². The molecule has 1 aromatic heterocycles. The SMILES string of the molecule is CCOC(=O)CN(C)Cc1cc(-c2ccc(-c3ccccc3OC)cc2)nc2ccc(F)cc12. The van der Waals surface area contributed by atoms with Crippen molar-refractivity contribution in [3.8, 4) is 28.1 Å². The minimum Gasteiger partial charge on any atom is -0.496 e. The minimum atomic E-state index is -0.322. The molecule has 0 bridgehead atoms. The fourth-order valence-corrected chi connectivity index (χ4v) is 4.02. The summed E-state index contributed by atoms with van der Waals surface area (Å²) >= 11 is 0. The number of rotatable bonds is 8. The average Bonchev–Trinajstić information content (AvgIpc) is 2.84. The number of fused-ring (bicyclic) bond motifs is 1. The number of hydrogen-bond acceptors (Lipinski definition) is 5. The predicted octanol–water partition coefficient (Wildman–Crippen LogP) is 5.71. The lowest BCUT2D eigenvalue weighted by Gasteiger charge is -2.18. The van der Waals surface area contributed by atoms with Crippen LogP contribution in [0.1, 0.15) is 12.5 Å². The summed E-state index contributed by atoms with van der Waals surface area (Å²) < 4.78 is 24.6. The Labute approximate surface area is 198 Å². The van der Waals surface area contributed by atoms with Gasteiger partial charge in [0.2, 0.25) is 0 Å². The topological polar surface area (TPSA) is 51.7 Å². The number of para-hydroxylation sites is 1. The largest absolute Gasteiger partial charge is 0.496 e. The molecule has 0 saturated heterocycles. The van der Waals surface area contributed by atoms with Crippen molar-refractivity contribution in [1.29, 1.82) is 0 Å². The fourth-order valence-electron chi connectivity index (χ4n) is 4.02. The van der Waals surface area contributed by atoms with Gasteiger partial charge in [-0.1, -0.05) is 42.5 Å². The van der Waals surface area contributed by atoms with Crippen molar-refractivity contribution >= 4 is 16.9 Å². The highest BCUT2D eigenvalue weighted by Gasteiger charge is 2.14. The number of methoxy groups -OCH3 is 1. The van der Waals surface area contributed by atoms with E-state index in [9.17, 15) is 9.18 Å². The van der Waals surface area contributed by atoms with Crippen LogP contribution >= 0.6 is 0 Å². The van der Waals surface area contributed by atoms with Crippen molar-refractivity contribution in [3.05, 3.63) is 84.2 Å². The lowest BCUT2D eigenvalue weighted by atomic mass is 10.00. The zero-order valence-electron chi connectivity index (χ0n) is 19.5. The van der Waals surface area contributed by atoms with E-state index in [4.69, 9.17) is 14.5 Å². The van der Waals surface area contributed by atoms with Crippen LogP contribution in [0, 0.1) is 5.82 Å². The third kappa shape index (κ3) is 5.24. The molecule has 0 radical (unpaired) electrons. The van der Waals surface area contributed by atoms with Crippen LogP contribution in [0.4, 0.5) is 4.39 Å². The summed E-state index contributed by atoms with van der Waals surface area (Å²) in [5, 5.41) is 0.727. The quantitative estimate of drug-likeness (QED) is 0.317. The molecule has 0 aliphatic rings. The van der Waals surface area contributed by atoms with Gasteiger partial charge in [-0.15, -0.1) is 0 Å². The van der Waals surface area contributed by atoms with Gasteiger partial charge < -0.3 is 9.47 Å².